The molecule has 0 aliphatic rings. The second-order valence-corrected chi connectivity index (χ2v) is 4.38. The molecule has 0 aromatic carbocycles. The van der Waals surface area contributed by atoms with E-state index < -0.39 is 0 Å². The topological polar surface area (TPSA) is 55.6 Å². The summed E-state index contributed by atoms with van der Waals surface area (Å²) in [4.78, 5) is 9.23. The minimum absolute atomic E-state index is 0.825. The Morgan fingerprint density at radius 2 is 2.00 bits per heavy atom. The molecule has 0 aliphatic heterocycles. The molecule has 0 saturated heterocycles. The van der Waals surface area contributed by atoms with E-state index in [0.29, 0.717) is 0 Å². The summed E-state index contributed by atoms with van der Waals surface area (Å²) in [5.41, 5.74) is 3.10. The summed E-state index contributed by atoms with van der Waals surface area (Å²) in [6.07, 6.45) is 2.64. The van der Waals surface area contributed by atoms with Crippen molar-refractivity contribution in [1.29, 1.82) is 0 Å². The van der Waals surface area contributed by atoms with Crippen molar-refractivity contribution in [3.05, 3.63) is 23.7 Å². The molecule has 5 heteroatoms. The first-order valence-corrected chi connectivity index (χ1v) is 6.84. The molecule has 2 heterocycles. The second-order valence-electron chi connectivity index (χ2n) is 4.38. The molecule has 0 aliphatic carbocycles. The zero-order valence-corrected chi connectivity index (χ0v) is 12.1. The Kier molecular flexibility index (Phi) is 4.14. The molecule has 102 valence electrons. The van der Waals surface area contributed by atoms with Gasteiger partial charge in [-0.05, 0) is 26.8 Å². The van der Waals surface area contributed by atoms with E-state index in [2.05, 4.69) is 48.1 Å². The maximum absolute atomic E-state index is 4.67. The molecule has 0 atom stereocenters. The largest absolute Gasteiger partial charge is 0.370 e. The van der Waals surface area contributed by atoms with Crippen molar-refractivity contribution in [1.82, 2.24) is 19.7 Å². The standard InChI is InChI=1S/C14H21N5/c1-5-12-17-13(10(4)14(18-12)15-6-2)11-8-9-16-19(11)7-3/h8-9H,5-7H2,1-4H3,(H,15,17,18). The van der Waals surface area contributed by atoms with Crippen LogP contribution in [0.15, 0.2) is 12.3 Å². The monoisotopic (exact) mass is 259 g/mol. The predicted molar refractivity (Wildman–Crippen MR) is 77.2 cm³/mol. The van der Waals surface area contributed by atoms with Crippen LogP contribution in [0.1, 0.15) is 32.2 Å². The van der Waals surface area contributed by atoms with E-state index in [1.54, 1.807) is 0 Å². The summed E-state index contributed by atoms with van der Waals surface area (Å²) in [7, 11) is 0. The van der Waals surface area contributed by atoms with Crippen LogP contribution in [0.3, 0.4) is 0 Å². The number of hydrogen-bond acceptors (Lipinski definition) is 4. The molecular weight excluding hydrogens is 238 g/mol. The molecule has 1 N–H and O–H groups in total. The molecule has 2 rings (SSSR count). The van der Waals surface area contributed by atoms with Gasteiger partial charge < -0.3 is 5.32 Å². The minimum atomic E-state index is 0.825. The lowest BCUT2D eigenvalue weighted by atomic mass is 10.1. The fourth-order valence-electron chi connectivity index (χ4n) is 2.10. The summed E-state index contributed by atoms with van der Waals surface area (Å²) in [5.74, 6) is 1.79. The van der Waals surface area contributed by atoms with Crippen LogP contribution in [0.5, 0.6) is 0 Å². The fourth-order valence-corrected chi connectivity index (χ4v) is 2.10. The highest BCUT2D eigenvalue weighted by Gasteiger charge is 2.14. The normalized spacial score (nSPS) is 10.7. The van der Waals surface area contributed by atoms with Crippen LogP contribution in [-0.2, 0) is 13.0 Å². The van der Waals surface area contributed by atoms with E-state index in [1.807, 2.05) is 16.9 Å². The van der Waals surface area contributed by atoms with E-state index in [1.165, 1.54) is 0 Å². The van der Waals surface area contributed by atoms with Gasteiger partial charge in [-0.1, -0.05) is 6.92 Å². The summed E-state index contributed by atoms with van der Waals surface area (Å²) in [5, 5.41) is 7.63. The van der Waals surface area contributed by atoms with Crippen LogP contribution < -0.4 is 5.32 Å². The smallest absolute Gasteiger partial charge is 0.133 e. The number of anilines is 1. The van der Waals surface area contributed by atoms with Crippen molar-refractivity contribution >= 4 is 5.82 Å². The third-order valence-corrected chi connectivity index (χ3v) is 3.11. The van der Waals surface area contributed by atoms with Gasteiger partial charge in [0, 0.05) is 31.3 Å². The lowest BCUT2D eigenvalue weighted by Crippen LogP contribution is -2.09. The summed E-state index contributed by atoms with van der Waals surface area (Å²) in [6, 6.07) is 2.01. The number of rotatable bonds is 5. The van der Waals surface area contributed by atoms with Gasteiger partial charge in [0.15, 0.2) is 0 Å². The third kappa shape index (κ3) is 2.59. The Morgan fingerprint density at radius 3 is 2.63 bits per heavy atom. The zero-order chi connectivity index (χ0) is 13.8. The van der Waals surface area contributed by atoms with Gasteiger partial charge >= 0.3 is 0 Å². The van der Waals surface area contributed by atoms with Crippen molar-refractivity contribution in [3.8, 4) is 11.4 Å². The van der Waals surface area contributed by atoms with Crippen LogP contribution in [0, 0.1) is 6.92 Å². The average Bonchev–Trinajstić information content (AvgIpc) is 2.89. The Labute approximate surface area is 114 Å². The van der Waals surface area contributed by atoms with Crippen LogP contribution >= 0.6 is 0 Å². The highest BCUT2D eigenvalue weighted by Crippen LogP contribution is 2.25. The van der Waals surface area contributed by atoms with E-state index >= 15 is 0 Å². The van der Waals surface area contributed by atoms with Crippen LogP contribution in [0.2, 0.25) is 0 Å². The minimum Gasteiger partial charge on any atom is -0.370 e. The maximum Gasteiger partial charge on any atom is 0.133 e. The summed E-state index contributed by atoms with van der Waals surface area (Å²) >= 11 is 0. The zero-order valence-electron chi connectivity index (χ0n) is 12.1. The molecule has 19 heavy (non-hydrogen) atoms. The fraction of sp³-hybridized carbons (Fsp3) is 0.500. The molecular formula is C14H21N5. The van der Waals surface area contributed by atoms with Gasteiger partial charge in [0.25, 0.3) is 0 Å². The van der Waals surface area contributed by atoms with Gasteiger partial charge in [-0.2, -0.15) is 5.10 Å². The molecule has 0 fully saturated rings. The number of nitrogens with zero attached hydrogens (tertiary/aromatic N) is 4. The third-order valence-electron chi connectivity index (χ3n) is 3.11. The van der Waals surface area contributed by atoms with Crippen molar-refractivity contribution in [2.75, 3.05) is 11.9 Å². The number of aryl methyl sites for hydroxylation is 2. The van der Waals surface area contributed by atoms with E-state index in [0.717, 1.165) is 48.1 Å². The quantitative estimate of drug-likeness (QED) is 0.897. The van der Waals surface area contributed by atoms with Gasteiger partial charge in [0.1, 0.15) is 11.6 Å². The van der Waals surface area contributed by atoms with E-state index in [4.69, 9.17) is 0 Å². The molecule has 0 unspecified atom stereocenters. The molecule has 5 nitrogen and oxygen atoms in total. The molecule has 0 radical (unpaired) electrons. The Hall–Kier alpha value is -1.91. The molecule has 2 aromatic rings. The van der Waals surface area contributed by atoms with Gasteiger partial charge in [0.05, 0.1) is 11.4 Å². The number of aromatic nitrogens is 4. The maximum atomic E-state index is 4.67. The molecule has 2 aromatic heterocycles. The summed E-state index contributed by atoms with van der Waals surface area (Å²) in [6.45, 7) is 9.97. The second kappa shape index (κ2) is 5.82. The molecule has 0 spiro atoms. The van der Waals surface area contributed by atoms with Crippen LogP contribution in [0.25, 0.3) is 11.4 Å². The first-order valence-electron chi connectivity index (χ1n) is 6.84. The van der Waals surface area contributed by atoms with E-state index in [9.17, 15) is 0 Å². The SMILES string of the molecule is CCNc1nc(CC)nc(-c2ccnn2CC)c1C. The van der Waals surface area contributed by atoms with Gasteiger partial charge in [-0.15, -0.1) is 0 Å². The van der Waals surface area contributed by atoms with Crippen molar-refractivity contribution in [3.63, 3.8) is 0 Å². The molecule has 0 bridgehead atoms. The predicted octanol–water partition coefficient (Wildman–Crippen LogP) is 2.66. The number of hydrogen-bond donors (Lipinski definition) is 1. The number of nitrogens with one attached hydrogen (secondary N) is 1. The van der Waals surface area contributed by atoms with E-state index in [-0.39, 0.29) is 0 Å². The first-order chi connectivity index (χ1) is 9.21. The summed E-state index contributed by atoms with van der Waals surface area (Å²) < 4.78 is 1.96. The van der Waals surface area contributed by atoms with Crippen molar-refractivity contribution in [2.24, 2.45) is 0 Å². The Balaban J connectivity index is 2.58. The van der Waals surface area contributed by atoms with Crippen LogP contribution in [0.4, 0.5) is 5.82 Å². The van der Waals surface area contributed by atoms with Crippen molar-refractivity contribution in [2.45, 2.75) is 40.7 Å². The highest BCUT2D eigenvalue weighted by atomic mass is 15.3. The lowest BCUT2D eigenvalue weighted by Gasteiger charge is -2.13. The molecule has 0 saturated carbocycles. The highest BCUT2D eigenvalue weighted by molar-refractivity contribution is 5.65. The first kappa shape index (κ1) is 13.5. The van der Waals surface area contributed by atoms with Crippen LogP contribution in [-0.4, -0.2) is 26.3 Å². The Morgan fingerprint density at radius 1 is 1.21 bits per heavy atom. The van der Waals surface area contributed by atoms with Gasteiger partial charge in [-0.25, -0.2) is 9.97 Å². The lowest BCUT2D eigenvalue weighted by molar-refractivity contribution is 0.664. The molecule has 0 amide bonds. The van der Waals surface area contributed by atoms with Gasteiger partial charge in [0.2, 0.25) is 0 Å². The Bertz CT molecular complexity index is 559. The average molecular weight is 259 g/mol. The van der Waals surface area contributed by atoms with Crippen molar-refractivity contribution < 1.29 is 0 Å². The van der Waals surface area contributed by atoms with Gasteiger partial charge in [-0.3, -0.25) is 4.68 Å².